The molecule has 0 N–H and O–H groups in total. The zero-order valence-corrected chi connectivity index (χ0v) is 8.47. The quantitative estimate of drug-likeness (QED) is 0.756. The Hall–Kier alpha value is -0.640. The Morgan fingerprint density at radius 1 is 1.50 bits per heavy atom. The minimum atomic E-state index is -0.644. The summed E-state index contributed by atoms with van der Waals surface area (Å²) in [6.45, 7) is 0.752. The van der Waals surface area contributed by atoms with Crippen LogP contribution in [0.1, 0.15) is 5.56 Å². The Bertz CT molecular complexity index is 344. The molecule has 2 rings (SSSR count). The highest BCUT2D eigenvalue weighted by Gasteiger charge is 2.42. The third kappa shape index (κ3) is 1.41. The highest BCUT2D eigenvalue weighted by molar-refractivity contribution is 6.30. The van der Waals surface area contributed by atoms with Gasteiger partial charge in [-0.15, -0.1) is 0 Å². The summed E-state index contributed by atoms with van der Waals surface area (Å²) >= 11 is 5.80. The molecule has 0 aromatic heterocycles. The molecular weight excluding hydrogens is 207 g/mol. The van der Waals surface area contributed by atoms with E-state index in [2.05, 4.69) is 0 Å². The average molecular weight is 217 g/mol. The number of ether oxygens (including phenoxy) is 2. The van der Waals surface area contributed by atoms with Gasteiger partial charge in [0.25, 0.3) is 0 Å². The molecule has 0 unspecified atom stereocenters. The van der Waals surface area contributed by atoms with Gasteiger partial charge in [0.2, 0.25) is 0 Å². The molecular formula is C10H10ClFO2. The van der Waals surface area contributed by atoms with E-state index >= 15 is 0 Å². The van der Waals surface area contributed by atoms with Crippen LogP contribution in [-0.4, -0.2) is 20.3 Å². The fourth-order valence-electron chi connectivity index (χ4n) is 1.52. The van der Waals surface area contributed by atoms with Gasteiger partial charge in [-0.05, 0) is 18.2 Å². The predicted molar refractivity (Wildman–Crippen MR) is 50.9 cm³/mol. The van der Waals surface area contributed by atoms with Crippen molar-refractivity contribution < 1.29 is 13.9 Å². The zero-order valence-electron chi connectivity index (χ0n) is 7.72. The Kier molecular flexibility index (Phi) is 2.47. The highest BCUT2D eigenvalue weighted by Crippen LogP contribution is 2.35. The second-order valence-corrected chi connectivity index (χ2v) is 3.75. The van der Waals surface area contributed by atoms with E-state index in [0.717, 1.165) is 0 Å². The predicted octanol–water partition coefficient (Wildman–Crippen LogP) is 2.35. The van der Waals surface area contributed by atoms with Crippen molar-refractivity contribution in [2.45, 2.75) is 5.60 Å². The van der Waals surface area contributed by atoms with E-state index in [1.807, 2.05) is 0 Å². The van der Waals surface area contributed by atoms with Gasteiger partial charge in [0.1, 0.15) is 11.4 Å². The summed E-state index contributed by atoms with van der Waals surface area (Å²) < 4.78 is 23.8. The van der Waals surface area contributed by atoms with E-state index in [0.29, 0.717) is 23.8 Å². The molecule has 0 amide bonds. The van der Waals surface area contributed by atoms with Crippen LogP contribution >= 0.6 is 11.6 Å². The van der Waals surface area contributed by atoms with Gasteiger partial charge in [0.15, 0.2) is 0 Å². The first-order chi connectivity index (χ1) is 6.68. The molecule has 2 nitrogen and oxygen atoms in total. The molecule has 1 aliphatic heterocycles. The normalized spacial score (nSPS) is 19.1. The maximum absolute atomic E-state index is 13.5. The largest absolute Gasteiger partial charge is 0.375 e. The summed E-state index contributed by atoms with van der Waals surface area (Å²) in [5, 5.41) is 0.504. The summed E-state index contributed by atoms with van der Waals surface area (Å²) in [6.07, 6.45) is 0. The highest BCUT2D eigenvalue weighted by atomic mass is 35.5. The van der Waals surface area contributed by atoms with Gasteiger partial charge in [0.05, 0.1) is 13.2 Å². The van der Waals surface area contributed by atoms with Crippen molar-refractivity contribution in [3.63, 3.8) is 0 Å². The Morgan fingerprint density at radius 2 is 2.21 bits per heavy atom. The molecule has 0 bridgehead atoms. The molecule has 4 heteroatoms. The van der Waals surface area contributed by atoms with Crippen LogP contribution in [0.25, 0.3) is 0 Å². The van der Waals surface area contributed by atoms with Crippen LogP contribution in [0.4, 0.5) is 4.39 Å². The second-order valence-electron chi connectivity index (χ2n) is 3.32. The molecule has 1 fully saturated rings. The summed E-state index contributed by atoms with van der Waals surface area (Å²) in [6, 6.07) is 4.45. The summed E-state index contributed by atoms with van der Waals surface area (Å²) in [5.41, 5.74) is -0.173. The topological polar surface area (TPSA) is 18.5 Å². The summed E-state index contributed by atoms with van der Waals surface area (Å²) in [7, 11) is 1.54. The standard InChI is InChI=1S/C10H10ClFO2/c1-13-10(5-14-6-10)8-4-7(11)2-3-9(8)12/h2-4H,5-6H2,1H3. The smallest absolute Gasteiger partial charge is 0.142 e. The van der Waals surface area contributed by atoms with Crippen molar-refractivity contribution in [1.82, 2.24) is 0 Å². The van der Waals surface area contributed by atoms with Crippen molar-refractivity contribution in [1.29, 1.82) is 0 Å². The van der Waals surface area contributed by atoms with Crippen LogP contribution in [0.3, 0.4) is 0 Å². The minimum Gasteiger partial charge on any atom is -0.375 e. The van der Waals surface area contributed by atoms with Crippen molar-refractivity contribution in [3.8, 4) is 0 Å². The van der Waals surface area contributed by atoms with Crippen LogP contribution in [0.15, 0.2) is 18.2 Å². The van der Waals surface area contributed by atoms with E-state index in [1.54, 1.807) is 13.2 Å². The van der Waals surface area contributed by atoms with E-state index in [1.165, 1.54) is 12.1 Å². The van der Waals surface area contributed by atoms with Gasteiger partial charge in [-0.3, -0.25) is 0 Å². The Balaban J connectivity index is 2.43. The van der Waals surface area contributed by atoms with E-state index in [9.17, 15) is 4.39 Å². The van der Waals surface area contributed by atoms with Crippen LogP contribution in [0.5, 0.6) is 0 Å². The van der Waals surface area contributed by atoms with Crippen LogP contribution in [0, 0.1) is 5.82 Å². The van der Waals surface area contributed by atoms with Crippen LogP contribution in [0.2, 0.25) is 5.02 Å². The molecule has 1 aromatic rings. The number of rotatable bonds is 2. The molecule has 0 aliphatic carbocycles. The number of hydrogen-bond donors (Lipinski definition) is 0. The average Bonchev–Trinajstić information content (AvgIpc) is 2.10. The summed E-state index contributed by atoms with van der Waals surface area (Å²) in [4.78, 5) is 0. The van der Waals surface area contributed by atoms with Crippen molar-refractivity contribution >= 4 is 11.6 Å². The maximum atomic E-state index is 13.5. The Morgan fingerprint density at radius 3 is 2.71 bits per heavy atom. The van der Waals surface area contributed by atoms with Gasteiger partial charge >= 0.3 is 0 Å². The number of hydrogen-bond acceptors (Lipinski definition) is 2. The molecule has 1 aromatic carbocycles. The number of halogens is 2. The molecule has 1 heterocycles. The molecule has 76 valence electrons. The first kappa shape index (κ1) is 9.90. The van der Waals surface area contributed by atoms with E-state index < -0.39 is 5.60 Å². The third-order valence-corrected chi connectivity index (χ3v) is 2.72. The molecule has 0 atom stereocenters. The van der Waals surface area contributed by atoms with E-state index in [4.69, 9.17) is 21.1 Å². The lowest BCUT2D eigenvalue weighted by atomic mass is 9.91. The number of benzene rings is 1. The fraction of sp³-hybridized carbons (Fsp3) is 0.400. The lowest BCUT2D eigenvalue weighted by Crippen LogP contribution is -2.48. The SMILES string of the molecule is COC1(c2cc(Cl)ccc2F)COC1. The summed E-state index contributed by atoms with van der Waals surface area (Å²) in [5.74, 6) is -0.306. The zero-order chi connectivity index (χ0) is 10.2. The fourth-order valence-corrected chi connectivity index (χ4v) is 1.69. The lowest BCUT2D eigenvalue weighted by Gasteiger charge is -2.40. The first-order valence-electron chi connectivity index (χ1n) is 4.26. The molecule has 0 spiro atoms. The lowest BCUT2D eigenvalue weighted by molar-refractivity contribution is -0.204. The van der Waals surface area contributed by atoms with Gasteiger partial charge in [-0.2, -0.15) is 0 Å². The van der Waals surface area contributed by atoms with Gasteiger partial charge in [-0.25, -0.2) is 4.39 Å². The number of methoxy groups -OCH3 is 1. The molecule has 0 saturated carbocycles. The molecule has 1 saturated heterocycles. The van der Waals surface area contributed by atoms with E-state index in [-0.39, 0.29) is 5.82 Å². The molecule has 1 aliphatic rings. The van der Waals surface area contributed by atoms with Gasteiger partial charge in [0, 0.05) is 17.7 Å². The van der Waals surface area contributed by atoms with Gasteiger partial charge in [-0.1, -0.05) is 11.6 Å². The van der Waals surface area contributed by atoms with Crippen molar-refractivity contribution in [2.75, 3.05) is 20.3 Å². The van der Waals surface area contributed by atoms with Gasteiger partial charge < -0.3 is 9.47 Å². The van der Waals surface area contributed by atoms with Crippen molar-refractivity contribution in [3.05, 3.63) is 34.6 Å². The monoisotopic (exact) mass is 216 g/mol. The second kappa shape index (κ2) is 3.50. The first-order valence-corrected chi connectivity index (χ1v) is 4.64. The molecule has 0 radical (unpaired) electrons. The maximum Gasteiger partial charge on any atom is 0.142 e. The van der Waals surface area contributed by atoms with Crippen LogP contribution < -0.4 is 0 Å². The molecule has 14 heavy (non-hydrogen) atoms. The van der Waals surface area contributed by atoms with Crippen LogP contribution in [-0.2, 0) is 15.1 Å². The van der Waals surface area contributed by atoms with Crippen molar-refractivity contribution in [2.24, 2.45) is 0 Å². The minimum absolute atomic E-state index is 0.306. The third-order valence-electron chi connectivity index (χ3n) is 2.48. The Labute approximate surface area is 86.6 Å².